The molecule has 0 bridgehead atoms. The Bertz CT molecular complexity index is 1090. The van der Waals surface area contributed by atoms with E-state index >= 15 is 0 Å². The van der Waals surface area contributed by atoms with Crippen molar-refractivity contribution in [3.63, 3.8) is 0 Å². The number of nitrogens with one attached hydrogen (secondary N) is 4. The van der Waals surface area contributed by atoms with E-state index in [0.717, 1.165) is 55.5 Å². The van der Waals surface area contributed by atoms with Crippen LogP contribution in [0.4, 0.5) is 5.69 Å². The van der Waals surface area contributed by atoms with Crippen LogP contribution in [0.5, 0.6) is 0 Å². The SMILES string of the molecule is CCCNCCC(CC)CCNc1ccc(-c2nc3nccc(C(=O)NC4CCCCC4)c3[nH]2)cc1. The first-order valence-electron chi connectivity index (χ1n) is 13.9. The van der Waals surface area contributed by atoms with Gasteiger partial charge in [-0.15, -0.1) is 0 Å². The smallest absolute Gasteiger partial charge is 0.253 e. The van der Waals surface area contributed by atoms with Crippen LogP contribution in [0.15, 0.2) is 36.5 Å². The molecule has 1 amide bonds. The summed E-state index contributed by atoms with van der Waals surface area (Å²) in [6.07, 6.45) is 12.2. The van der Waals surface area contributed by atoms with E-state index in [0.29, 0.717) is 16.7 Å². The third-order valence-corrected chi connectivity index (χ3v) is 7.35. The van der Waals surface area contributed by atoms with Crippen LogP contribution in [0, 0.1) is 5.92 Å². The van der Waals surface area contributed by atoms with Gasteiger partial charge in [0, 0.05) is 30.0 Å². The Morgan fingerprint density at radius 3 is 2.56 bits per heavy atom. The molecule has 3 aromatic rings. The molecule has 7 heteroatoms. The van der Waals surface area contributed by atoms with E-state index < -0.39 is 0 Å². The quantitative estimate of drug-likeness (QED) is 0.224. The number of hydrogen-bond acceptors (Lipinski definition) is 5. The maximum atomic E-state index is 13.0. The predicted octanol–water partition coefficient (Wildman–Crippen LogP) is 5.91. The lowest BCUT2D eigenvalue weighted by Crippen LogP contribution is -2.36. The minimum Gasteiger partial charge on any atom is -0.385 e. The zero-order valence-electron chi connectivity index (χ0n) is 21.9. The number of benzene rings is 1. The van der Waals surface area contributed by atoms with Crippen LogP contribution in [0.1, 0.15) is 82.0 Å². The molecule has 1 aromatic carbocycles. The molecule has 1 fully saturated rings. The number of carbonyl (C=O) groups is 1. The lowest BCUT2D eigenvalue weighted by Gasteiger charge is -2.22. The van der Waals surface area contributed by atoms with Gasteiger partial charge in [-0.1, -0.05) is 39.5 Å². The number of amides is 1. The van der Waals surface area contributed by atoms with E-state index in [1.54, 1.807) is 12.3 Å². The molecule has 1 aliphatic carbocycles. The van der Waals surface area contributed by atoms with Crippen LogP contribution >= 0.6 is 0 Å². The van der Waals surface area contributed by atoms with Gasteiger partial charge in [0.25, 0.3) is 5.91 Å². The molecule has 1 saturated carbocycles. The molecule has 0 spiro atoms. The van der Waals surface area contributed by atoms with Gasteiger partial charge in [-0.2, -0.15) is 0 Å². The summed E-state index contributed by atoms with van der Waals surface area (Å²) < 4.78 is 0. The summed E-state index contributed by atoms with van der Waals surface area (Å²) in [6.45, 7) is 7.68. The first-order valence-corrected chi connectivity index (χ1v) is 13.9. The molecule has 194 valence electrons. The van der Waals surface area contributed by atoms with Gasteiger partial charge in [0.15, 0.2) is 5.65 Å². The highest BCUT2D eigenvalue weighted by atomic mass is 16.1. The topological polar surface area (TPSA) is 94.7 Å². The Morgan fingerprint density at radius 2 is 1.81 bits per heavy atom. The second kappa shape index (κ2) is 13.4. The Balaban J connectivity index is 1.35. The first kappa shape index (κ1) is 26.1. The number of aromatic amines is 1. The van der Waals surface area contributed by atoms with Gasteiger partial charge in [0.1, 0.15) is 5.82 Å². The second-order valence-electron chi connectivity index (χ2n) is 10.1. The summed E-state index contributed by atoms with van der Waals surface area (Å²) >= 11 is 0. The molecule has 4 N–H and O–H groups in total. The highest BCUT2D eigenvalue weighted by Crippen LogP contribution is 2.24. The van der Waals surface area contributed by atoms with Crippen molar-refractivity contribution in [1.29, 1.82) is 0 Å². The van der Waals surface area contributed by atoms with Gasteiger partial charge in [-0.05, 0) is 81.4 Å². The summed E-state index contributed by atoms with van der Waals surface area (Å²) in [6, 6.07) is 10.4. The number of carbonyl (C=O) groups excluding carboxylic acids is 1. The molecule has 0 radical (unpaired) electrons. The number of imidazole rings is 1. The number of pyridine rings is 1. The van der Waals surface area contributed by atoms with Gasteiger partial charge >= 0.3 is 0 Å². The average molecular weight is 491 g/mol. The number of anilines is 1. The van der Waals surface area contributed by atoms with Crippen molar-refractivity contribution in [2.45, 2.75) is 77.7 Å². The van der Waals surface area contributed by atoms with Gasteiger partial charge in [0.2, 0.25) is 0 Å². The second-order valence-corrected chi connectivity index (χ2v) is 10.1. The molecule has 1 unspecified atom stereocenters. The monoisotopic (exact) mass is 490 g/mol. The summed E-state index contributed by atoms with van der Waals surface area (Å²) in [5, 5.41) is 10.3. The standard InChI is InChI=1S/C29H42N6O/c1-3-17-30-18-14-21(4-2)15-19-31-23-12-10-22(11-13-23)27-34-26-25(16-20-32-28(26)35-27)29(36)33-24-8-6-5-7-9-24/h10-13,16,20-21,24,30-31H,3-9,14-15,17-19H2,1-2H3,(H,33,36)(H,32,34,35). The maximum absolute atomic E-state index is 13.0. The minimum absolute atomic E-state index is 0.0458. The fraction of sp³-hybridized carbons (Fsp3) is 0.552. The Hall–Kier alpha value is -2.93. The van der Waals surface area contributed by atoms with Gasteiger partial charge < -0.3 is 20.9 Å². The van der Waals surface area contributed by atoms with E-state index in [9.17, 15) is 4.79 Å². The largest absolute Gasteiger partial charge is 0.385 e. The molecular weight excluding hydrogens is 448 g/mol. The van der Waals surface area contributed by atoms with Crippen LogP contribution in [-0.4, -0.2) is 46.5 Å². The number of aromatic nitrogens is 3. The highest BCUT2D eigenvalue weighted by molar-refractivity contribution is 6.04. The summed E-state index contributed by atoms with van der Waals surface area (Å²) in [5.41, 5.74) is 3.97. The third-order valence-electron chi connectivity index (χ3n) is 7.35. The number of H-pyrrole nitrogens is 1. The first-order chi connectivity index (χ1) is 17.7. The van der Waals surface area contributed by atoms with Crippen molar-refractivity contribution < 1.29 is 4.79 Å². The molecule has 4 rings (SSSR count). The number of hydrogen-bond donors (Lipinski definition) is 4. The van der Waals surface area contributed by atoms with E-state index in [4.69, 9.17) is 0 Å². The van der Waals surface area contributed by atoms with Gasteiger partial charge in [0.05, 0.1) is 11.1 Å². The van der Waals surface area contributed by atoms with Crippen LogP contribution in [0.25, 0.3) is 22.6 Å². The highest BCUT2D eigenvalue weighted by Gasteiger charge is 2.20. The van der Waals surface area contributed by atoms with Crippen LogP contribution < -0.4 is 16.0 Å². The Kier molecular flexibility index (Phi) is 9.73. The van der Waals surface area contributed by atoms with Crippen LogP contribution in [0.2, 0.25) is 0 Å². The molecule has 2 heterocycles. The van der Waals surface area contributed by atoms with E-state index in [1.165, 1.54) is 44.9 Å². The van der Waals surface area contributed by atoms with Gasteiger partial charge in [-0.25, -0.2) is 9.97 Å². The lowest BCUT2D eigenvalue weighted by atomic mass is 9.95. The summed E-state index contributed by atoms with van der Waals surface area (Å²) in [5.74, 6) is 1.43. The van der Waals surface area contributed by atoms with Crippen molar-refractivity contribution in [3.8, 4) is 11.4 Å². The fourth-order valence-electron chi connectivity index (χ4n) is 5.07. The lowest BCUT2D eigenvalue weighted by molar-refractivity contribution is 0.0929. The number of fused-ring (bicyclic) bond motifs is 1. The molecule has 0 saturated heterocycles. The van der Waals surface area contributed by atoms with Crippen molar-refractivity contribution in [2.75, 3.05) is 25.0 Å². The normalized spacial score (nSPS) is 15.2. The third kappa shape index (κ3) is 7.06. The average Bonchev–Trinajstić information content (AvgIpc) is 3.35. The van der Waals surface area contributed by atoms with Crippen LogP contribution in [0.3, 0.4) is 0 Å². The summed E-state index contributed by atoms with van der Waals surface area (Å²) in [7, 11) is 0. The fourth-order valence-corrected chi connectivity index (χ4v) is 5.07. The number of nitrogens with zero attached hydrogens (tertiary/aromatic N) is 2. The van der Waals surface area contributed by atoms with E-state index in [2.05, 4.69) is 69.0 Å². The Morgan fingerprint density at radius 1 is 1.03 bits per heavy atom. The predicted molar refractivity (Wildman–Crippen MR) is 148 cm³/mol. The number of rotatable bonds is 13. The molecule has 2 aromatic heterocycles. The van der Waals surface area contributed by atoms with Crippen molar-refractivity contribution in [1.82, 2.24) is 25.6 Å². The molecule has 1 atom stereocenters. The zero-order chi connectivity index (χ0) is 25.2. The van der Waals surface area contributed by atoms with Crippen molar-refractivity contribution in [3.05, 3.63) is 42.1 Å². The molecule has 36 heavy (non-hydrogen) atoms. The Labute approximate surface area is 215 Å². The molecule has 0 aliphatic heterocycles. The minimum atomic E-state index is -0.0458. The molecule has 7 nitrogen and oxygen atoms in total. The van der Waals surface area contributed by atoms with Crippen LogP contribution in [-0.2, 0) is 0 Å². The van der Waals surface area contributed by atoms with Crippen molar-refractivity contribution >= 4 is 22.8 Å². The van der Waals surface area contributed by atoms with E-state index in [-0.39, 0.29) is 11.9 Å². The zero-order valence-corrected chi connectivity index (χ0v) is 21.9. The summed E-state index contributed by atoms with van der Waals surface area (Å²) in [4.78, 5) is 25.4. The molecular formula is C29H42N6O. The van der Waals surface area contributed by atoms with Gasteiger partial charge in [-0.3, -0.25) is 4.79 Å². The van der Waals surface area contributed by atoms with Crippen molar-refractivity contribution in [2.24, 2.45) is 5.92 Å². The maximum Gasteiger partial charge on any atom is 0.253 e. The van der Waals surface area contributed by atoms with E-state index in [1.807, 2.05) is 0 Å². The molecule has 1 aliphatic rings.